The molecule has 5 nitrogen and oxygen atoms in total. The molecule has 0 saturated heterocycles. The van der Waals surface area contributed by atoms with Crippen LogP contribution in [0.3, 0.4) is 0 Å². The van der Waals surface area contributed by atoms with E-state index in [1.807, 2.05) is 0 Å². The summed E-state index contributed by atoms with van der Waals surface area (Å²) in [5.74, 6) is -0.575. The average molecular weight is 1070 g/mol. The Balaban J connectivity index is 3.38. The van der Waals surface area contributed by atoms with Gasteiger partial charge in [-0.1, -0.05) is 359 Å². The van der Waals surface area contributed by atoms with Crippen LogP contribution >= 0.6 is 0 Å². The number of carbonyl (C=O) groups excluding carboxylic acids is 2. The van der Waals surface area contributed by atoms with Gasteiger partial charge in [0.2, 0.25) is 0 Å². The summed E-state index contributed by atoms with van der Waals surface area (Å²) in [7, 11) is 0. The number of hydrogen-bond acceptors (Lipinski definition) is 5. The highest BCUT2D eigenvalue weighted by atomic mass is 16.6. The maximum Gasteiger partial charge on any atom is 0.306 e. The smallest absolute Gasteiger partial charge is 0.306 e. The van der Waals surface area contributed by atoms with E-state index in [9.17, 15) is 14.7 Å². The van der Waals surface area contributed by atoms with Gasteiger partial charge in [0, 0.05) is 12.8 Å². The maximum absolute atomic E-state index is 12.3. The van der Waals surface area contributed by atoms with Crippen LogP contribution in [0.2, 0.25) is 0 Å². The molecule has 1 unspecified atom stereocenters. The minimum absolute atomic E-state index is 0.0628. The van der Waals surface area contributed by atoms with Crippen molar-refractivity contribution in [1.82, 2.24) is 0 Å². The lowest BCUT2D eigenvalue weighted by Crippen LogP contribution is -2.28. The van der Waals surface area contributed by atoms with E-state index in [1.54, 1.807) is 0 Å². The Hall–Kier alpha value is -1.88. The Bertz CT molecular complexity index is 1210. The summed E-state index contributed by atoms with van der Waals surface area (Å²) in [6, 6.07) is 0. The minimum Gasteiger partial charge on any atom is -0.462 e. The van der Waals surface area contributed by atoms with Crippen molar-refractivity contribution < 1.29 is 24.2 Å². The number of ether oxygens (including phenoxy) is 2. The summed E-state index contributed by atoms with van der Waals surface area (Å²) in [6.07, 6.45) is 89.0. The van der Waals surface area contributed by atoms with E-state index in [0.29, 0.717) is 12.8 Å². The topological polar surface area (TPSA) is 72.8 Å². The van der Waals surface area contributed by atoms with Gasteiger partial charge in [-0.15, -0.1) is 0 Å². The predicted molar refractivity (Wildman–Crippen MR) is 334 cm³/mol. The summed E-state index contributed by atoms with van der Waals surface area (Å²) in [4.78, 5) is 24.6. The largest absolute Gasteiger partial charge is 0.462 e. The van der Waals surface area contributed by atoms with Crippen molar-refractivity contribution in [2.75, 3.05) is 13.2 Å². The Morgan fingerprint density at radius 3 is 0.789 bits per heavy atom. The molecule has 0 amide bonds. The van der Waals surface area contributed by atoms with E-state index in [4.69, 9.17) is 9.47 Å². The molecular formula is C71H134O5. The molecular weight excluding hydrogens is 933 g/mol. The van der Waals surface area contributed by atoms with Crippen molar-refractivity contribution in [1.29, 1.82) is 0 Å². The molecule has 0 fully saturated rings. The summed E-state index contributed by atoms with van der Waals surface area (Å²) in [5.41, 5.74) is 0. The molecule has 0 aromatic carbocycles. The van der Waals surface area contributed by atoms with Crippen LogP contribution in [-0.4, -0.2) is 36.4 Å². The van der Waals surface area contributed by atoms with Crippen LogP contribution in [0.4, 0.5) is 0 Å². The SMILES string of the molecule is CCCCCCC/C=C\C/C=C\C/C=C\CCCCCCCCCCCCC(=O)OC(CO)COC(=O)CCCCCCCCCCCCCCCCCCCCCCCCCCCCCCCCCCCCCCC. The second-order valence-corrected chi connectivity index (χ2v) is 23.6. The van der Waals surface area contributed by atoms with Crippen LogP contribution in [0, 0.1) is 0 Å². The Labute approximate surface area is 476 Å². The fraction of sp³-hybridized carbons (Fsp3) is 0.887. The minimum atomic E-state index is -0.774. The summed E-state index contributed by atoms with van der Waals surface area (Å²) >= 11 is 0. The first kappa shape index (κ1) is 74.1. The summed E-state index contributed by atoms with van der Waals surface area (Å²) in [6.45, 7) is 4.18. The molecule has 1 N–H and O–H groups in total. The molecule has 0 aromatic heterocycles. The van der Waals surface area contributed by atoms with E-state index < -0.39 is 6.10 Å². The quantitative estimate of drug-likeness (QED) is 0.0373. The van der Waals surface area contributed by atoms with Crippen molar-refractivity contribution >= 4 is 11.9 Å². The Morgan fingerprint density at radius 2 is 0.526 bits per heavy atom. The maximum atomic E-state index is 12.3. The second kappa shape index (κ2) is 67.4. The molecule has 0 aliphatic carbocycles. The van der Waals surface area contributed by atoms with Crippen molar-refractivity contribution in [3.8, 4) is 0 Å². The van der Waals surface area contributed by atoms with Gasteiger partial charge in [-0.25, -0.2) is 0 Å². The fourth-order valence-corrected chi connectivity index (χ4v) is 10.7. The average Bonchev–Trinajstić information content (AvgIpc) is 3.42. The molecule has 0 heterocycles. The van der Waals surface area contributed by atoms with Gasteiger partial charge >= 0.3 is 11.9 Å². The normalized spacial score (nSPS) is 12.3. The van der Waals surface area contributed by atoms with Gasteiger partial charge < -0.3 is 14.6 Å². The highest BCUT2D eigenvalue weighted by Crippen LogP contribution is 2.19. The van der Waals surface area contributed by atoms with E-state index in [2.05, 4.69) is 50.3 Å². The number of allylic oxidation sites excluding steroid dienone is 6. The van der Waals surface area contributed by atoms with Crippen molar-refractivity contribution in [3.63, 3.8) is 0 Å². The van der Waals surface area contributed by atoms with Crippen LogP contribution in [0.1, 0.15) is 386 Å². The van der Waals surface area contributed by atoms with E-state index >= 15 is 0 Å². The molecule has 0 aliphatic rings. The third-order valence-electron chi connectivity index (χ3n) is 15.9. The monoisotopic (exact) mass is 1070 g/mol. The van der Waals surface area contributed by atoms with Crippen LogP contribution < -0.4 is 0 Å². The van der Waals surface area contributed by atoms with Crippen LogP contribution in [-0.2, 0) is 19.1 Å². The van der Waals surface area contributed by atoms with Crippen LogP contribution in [0.15, 0.2) is 36.5 Å². The number of rotatable bonds is 65. The first-order valence-electron chi connectivity index (χ1n) is 34.5. The zero-order valence-corrected chi connectivity index (χ0v) is 51.5. The molecule has 448 valence electrons. The standard InChI is InChI=1S/C71H134O5/c1-3-5-7-9-11-13-15-17-19-21-23-25-27-29-30-31-32-33-34-35-36-37-38-39-40-42-43-45-47-49-51-53-55-57-59-61-63-65-70(73)75-68-69(67-72)76-71(74)66-64-62-60-58-56-54-52-50-48-46-44-41-28-26-24-22-20-18-16-14-12-10-8-6-4-2/h16,18,22,24,28,41,69,72H,3-15,17,19-21,23,25-27,29-40,42-68H2,1-2H3/b18-16-,24-22-,41-28-. The second-order valence-electron chi connectivity index (χ2n) is 23.6. The van der Waals surface area contributed by atoms with Gasteiger partial charge in [0.25, 0.3) is 0 Å². The van der Waals surface area contributed by atoms with E-state index in [-0.39, 0.29) is 25.2 Å². The number of carbonyl (C=O) groups is 2. The number of unbranched alkanes of at least 4 members (excludes halogenated alkanes) is 51. The molecule has 0 aromatic rings. The zero-order chi connectivity index (χ0) is 54.8. The molecule has 0 saturated carbocycles. The Kier molecular flexibility index (Phi) is 65.7. The van der Waals surface area contributed by atoms with Gasteiger partial charge in [-0.05, 0) is 51.4 Å². The molecule has 0 radical (unpaired) electrons. The van der Waals surface area contributed by atoms with Gasteiger partial charge in [0.15, 0.2) is 6.10 Å². The fourth-order valence-electron chi connectivity index (χ4n) is 10.7. The zero-order valence-electron chi connectivity index (χ0n) is 51.5. The summed E-state index contributed by atoms with van der Waals surface area (Å²) in [5, 5.41) is 9.69. The lowest BCUT2D eigenvalue weighted by molar-refractivity contribution is -0.161. The van der Waals surface area contributed by atoms with Crippen LogP contribution in [0.5, 0.6) is 0 Å². The molecule has 76 heavy (non-hydrogen) atoms. The predicted octanol–water partition coefficient (Wildman–Crippen LogP) is 23.8. The van der Waals surface area contributed by atoms with Gasteiger partial charge in [0.1, 0.15) is 6.61 Å². The van der Waals surface area contributed by atoms with E-state index in [1.165, 1.54) is 315 Å². The molecule has 1 atom stereocenters. The molecule has 0 bridgehead atoms. The Morgan fingerprint density at radius 1 is 0.303 bits per heavy atom. The number of esters is 2. The molecule has 5 heteroatoms. The number of aliphatic hydroxyl groups is 1. The number of aliphatic hydroxyl groups excluding tert-OH is 1. The highest BCUT2D eigenvalue weighted by molar-refractivity contribution is 5.70. The van der Waals surface area contributed by atoms with E-state index in [0.717, 1.165) is 44.9 Å². The molecule has 0 rings (SSSR count). The first-order chi connectivity index (χ1) is 37.6. The highest BCUT2D eigenvalue weighted by Gasteiger charge is 2.16. The summed E-state index contributed by atoms with van der Waals surface area (Å²) < 4.78 is 10.8. The molecule has 0 spiro atoms. The van der Waals surface area contributed by atoms with Crippen molar-refractivity contribution in [2.24, 2.45) is 0 Å². The van der Waals surface area contributed by atoms with Gasteiger partial charge in [-0.3, -0.25) is 9.59 Å². The van der Waals surface area contributed by atoms with Gasteiger partial charge in [0.05, 0.1) is 6.61 Å². The number of hydrogen-bond donors (Lipinski definition) is 1. The third-order valence-corrected chi connectivity index (χ3v) is 15.9. The lowest BCUT2D eigenvalue weighted by atomic mass is 10.0. The van der Waals surface area contributed by atoms with Crippen LogP contribution in [0.25, 0.3) is 0 Å². The lowest BCUT2D eigenvalue weighted by Gasteiger charge is -2.15. The van der Waals surface area contributed by atoms with Gasteiger partial charge in [-0.2, -0.15) is 0 Å². The first-order valence-corrected chi connectivity index (χ1v) is 34.5. The van der Waals surface area contributed by atoms with Crippen molar-refractivity contribution in [3.05, 3.63) is 36.5 Å². The van der Waals surface area contributed by atoms with Crippen molar-refractivity contribution in [2.45, 2.75) is 392 Å². The third kappa shape index (κ3) is 64.6. The molecule has 0 aliphatic heterocycles.